The molecule has 0 saturated carbocycles. The maximum atomic E-state index is 11.6. The van der Waals surface area contributed by atoms with Gasteiger partial charge in [0.1, 0.15) is 12.2 Å². The Hall–Kier alpha value is -2.15. The van der Waals surface area contributed by atoms with Crippen LogP contribution in [0.2, 0.25) is 0 Å². The summed E-state index contributed by atoms with van der Waals surface area (Å²) in [4.78, 5) is 29.1. The first-order chi connectivity index (χ1) is 9.60. The Morgan fingerprint density at radius 2 is 2.35 bits per heavy atom. The van der Waals surface area contributed by atoms with Crippen molar-refractivity contribution in [2.75, 3.05) is 6.61 Å². The van der Waals surface area contributed by atoms with Crippen LogP contribution in [-0.2, 0) is 22.7 Å². The van der Waals surface area contributed by atoms with Crippen LogP contribution in [0.5, 0.6) is 0 Å². The summed E-state index contributed by atoms with van der Waals surface area (Å²) >= 11 is 0. The highest BCUT2D eigenvalue weighted by Crippen LogP contribution is 2.12. The van der Waals surface area contributed by atoms with E-state index in [0.717, 1.165) is 23.1 Å². The Balaban J connectivity index is 2.16. The van der Waals surface area contributed by atoms with Gasteiger partial charge >= 0.3 is 11.7 Å². The van der Waals surface area contributed by atoms with Crippen LogP contribution >= 0.6 is 0 Å². The van der Waals surface area contributed by atoms with Gasteiger partial charge in [-0.25, -0.2) is 4.79 Å². The molecule has 0 unspecified atom stereocenters. The van der Waals surface area contributed by atoms with Crippen LogP contribution in [-0.4, -0.2) is 32.2 Å². The molecule has 0 aliphatic rings. The highest BCUT2D eigenvalue weighted by atomic mass is 16.5. The number of aliphatic carboxylic acids is 1. The van der Waals surface area contributed by atoms with Crippen LogP contribution in [0.4, 0.5) is 0 Å². The van der Waals surface area contributed by atoms with E-state index < -0.39 is 18.2 Å². The molecule has 20 heavy (non-hydrogen) atoms. The van der Waals surface area contributed by atoms with E-state index in [1.54, 1.807) is 0 Å². The third-order valence-corrected chi connectivity index (χ3v) is 2.84. The van der Waals surface area contributed by atoms with Gasteiger partial charge in [0.2, 0.25) is 0 Å². The minimum Gasteiger partial charge on any atom is -0.480 e. The molecule has 2 heterocycles. The molecule has 0 saturated heterocycles. The van der Waals surface area contributed by atoms with E-state index in [1.165, 1.54) is 6.20 Å². The van der Waals surface area contributed by atoms with E-state index in [4.69, 9.17) is 9.84 Å². The van der Waals surface area contributed by atoms with Crippen LogP contribution in [0.25, 0.3) is 11.0 Å². The van der Waals surface area contributed by atoms with Gasteiger partial charge in [0.05, 0.1) is 6.61 Å². The standard InChI is InChI=1S/C13H17N3O4/c1-2-3-4-20-8-10-5-9-6-16(7-11(17)18)13(19)15-12(9)14-10/h5-6H,2-4,7-8H2,1H3,(H,17,18)(H,14,15,19). The van der Waals surface area contributed by atoms with Gasteiger partial charge in [-0.3, -0.25) is 9.36 Å². The zero-order chi connectivity index (χ0) is 14.5. The fraction of sp³-hybridized carbons (Fsp3) is 0.462. The number of hydrogen-bond donors (Lipinski definition) is 2. The van der Waals surface area contributed by atoms with Crippen LogP contribution in [0.3, 0.4) is 0 Å². The van der Waals surface area contributed by atoms with Crippen molar-refractivity contribution in [3.05, 3.63) is 28.4 Å². The van der Waals surface area contributed by atoms with Crippen molar-refractivity contribution in [2.24, 2.45) is 0 Å². The number of H-pyrrole nitrogens is 1. The van der Waals surface area contributed by atoms with Gasteiger partial charge in [-0.05, 0) is 12.5 Å². The number of aromatic nitrogens is 3. The van der Waals surface area contributed by atoms with Crippen molar-refractivity contribution in [1.82, 2.24) is 14.5 Å². The number of hydrogen-bond acceptors (Lipinski definition) is 4. The largest absolute Gasteiger partial charge is 0.480 e. The zero-order valence-electron chi connectivity index (χ0n) is 11.3. The summed E-state index contributed by atoms with van der Waals surface area (Å²) in [5.41, 5.74) is 0.682. The zero-order valence-corrected chi connectivity index (χ0v) is 11.3. The molecule has 2 aromatic heterocycles. The average molecular weight is 279 g/mol. The van der Waals surface area contributed by atoms with Gasteiger partial charge < -0.3 is 14.8 Å². The van der Waals surface area contributed by atoms with Crippen molar-refractivity contribution < 1.29 is 14.6 Å². The molecule has 0 radical (unpaired) electrons. The van der Waals surface area contributed by atoms with Crippen LogP contribution in [0, 0.1) is 0 Å². The molecule has 108 valence electrons. The number of carboxylic acids is 1. The van der Waals surface area contributed by atoms with Crippen molar-refractivity contribution in [3.8, 4) is 0 Å². The lowest BCUT2D eigenvalue weighted by Crippen LogP contribution is -2.25. The van der Waals surface area contributed by atoms with Gasteiger partial charge in [-0.2, -0.15) is 4.98 Å². The minimum absolute atomic E-state index is 0.394. The lowest BCUT2D eigenvalue weighted by molar-refractivity contribution is -0.137. The molecule has 7 nitrogen and oxygen atoms in total. The Labute approximate surface area is 115 Å². The lowest BCUT2D eigenvalue weighted by atomic mass is 10.3. The molecule has 0 aliphatic heterocycles. The van der Waals surface area contributed by atoms with E-state index >= 15 is 0 Å². The second-order valence-corrected chi connectivity index (χ2v) is 4.55. The quantitative estimate of drug-likeness (QED) is 0.740. The number of rotatable bonds is 7. The average Bonchev–Trinajstić information content (AvgIpc) is 2.76. The Kier molecular flexibility index (Phi) is 4.52. The summed E-state index contributed by atoms with van der Waals surface area (Å²) in [6.07, 6.45) is 3.57. The number of carbonyl (C=O) groups is 1. The fourth-order valence-electron chi connectivity index (χ4n) is 1.86. The SMILES string of the molecule is CCCCOCc1cc2cn(CC(=O)O)c(=O)nc2[nH]1. The topological polar surface area (TPSA) is 97.2 Å². The first kappa shape index (κ1) is 14.3. The van der Waals surface area contributed by atoms with Crippen LogP contribution in [0.15, 0.2) is 17.1 Å². The van der Waals surface area contributed by atoms with Crippen molar-refractivity contribution >= 4 is 17.0 Å². The van der Waals surface area contributed by atoms with Gasteiger partial charge in [0, 0.05) is 23.9 Å². The number of unbranched alkanes of at least 4 members (excludes halogenated alkanes) is 1. The monoisotopic (exact) mass is 279 g/mol. The molecular formula is C13H17N3O4. The summed E-state index contributed by atoms with van der Waals surface area (Å²) < 4.78 is 6.55. The molecule has 0 aromatic carbocycles. The second kappa shape index (κ2) is 6.33. The van der Waals surface area contributed by atoms with Crippen molar-refractivity contribution in [2.45, 2.75) is 32.9 Å². The molecule has 2 N–H and O–H groups in total. The molecular weight excluding hydrogens is 262 g/mol. The maximum Gasteiger partial charge on any atom is 0.350 e. The molecule has 0 spiro atoms. The maximum absolute atomic E-state index is 11.6. The summed E-state index contributed by atoms with van der Waals surface area (Å²) in [5.74, 6) is -1.08. The second-order valence-electron chi connectivity index (χ2n) is 4.55. The molecule has 0 atom stereocenters. The molecule has 2 aromatic rings. The van der Waals surface area contributed by atoms with Gasteiger partial charge in [-0.15, -0.1) is 0 Å². The summed E-state index contributed by atoms with van der Waals surface area (Å²) in [5, 5.41) is 9.41. The Bertz CT molecular complexity index is 659. The lowest BCUT2D eigenvalue weighted by Gasteiger charge is -2.00. The molecule has 0 fully saturated rings. The summed E-state index contributed by atoms with van der Waals surface area (Å²) in [6.45, 7) is 2.80. The highest BCUT2D eigenvalue weighted by molar-refractivity contribution is 5.75. The van der Waals surface area contributed by atoms with Gasteiger partial charge in [0.15, 0.2) is 0 Å². The van der Waals surface area contributed by atoms with E-state index in [0.29, 0.717) is 24.2 Å². The number of ether oxygens (including phenoxy) is 1. The third-order valence-electron chi connectivity index (χ3n) is 2.84. The van der Waals surface area contributed by atoms with Crippen LogP contribution in [0.1, 0.15) is 25.5 Å². The van der Waals surface area contributed by atoms with E-state index in [-0.39, 0.29) is 0 Å². The van der Waals surface area contributed by atoms with Crippen LogP contribution < -0.4 is 5.69 Å². The molecule has 0 amide bonds. The van der Waals surface area contributed by atoms with Crippen molar-refractivity contribution in [3.63, 3.8) is 0 Å². The predicted octanol–water partition coefficient (Wildman–Crippen LogP) is 1.13. The number of carboxylic acid groups (broad SMARTS) is 1. The molecule has 0 bridgehead atoms. The van der Waals surface area contributed by atoms with Gasteiger partial charge in [-0.1, -0.05) is 13.3 Å². The smallest absolute Gasteiger partial charge is 0.350 e. The number of nitrogens with one attached hydrogen (secondary N) is 1. The predicted molar refractivity (Wildman–Crippen MR) is 72.6 cm³/mol. The first-order valence-corrected chi connectivity index (χ1v) is 6.48. The molecule has 7 heteroatoms. The molecule has 0 aliphatic carbocycles. The molecule has 2 rings (SSSR count). The van der Waals surface area contributed by atoms with E-state index in [2.05, 4.69) is 16.9 Å². The highest BCUT2D eigenvalue weighted by Gasteiger charge is 2.08. The third kappa shape index (κ3) is 3.45. The number of nitrogens with zero attached hydrogens (tertiary/aromatic N) is 2. The Morgan fingerprint density at radius 3 is 3.05 bits per heavy atom. The minimum atomic E-state index is -1.08. The van der Waals surface area contributed by atoms with E-state index in [9.17, 15) is 9.59 Å². The summed E-state index contributed by atoms with van der Waals surface area (Å²) in [7, 11) is 0. The van der Waals surface area contributed by atoms with Crippen molar-refractivity contribution in [1.29, 1.82) is 0 Å². The Morgan fingerprint density at radius 1 is 1.55 bits per heavy atom. The number of fused-ring (bicyclic) bond motifs is 1. The van der Waals surface area contributed by atoms with E-state index in [1.807, 2.05) is 6.07 Å². The fourth-order valence-corrected chi connectivity index (χ4v) is 1.86. The normalized spacial score (nSPS) is 11.1. The number of aromatic amines is 1. The summed E-state index contributed by atoms with van der Waals surface area (Å²) in [6, 6.07) is 1.81. The van der Waals surface area contributed by atoms with Gasteiger partial charge in [0.25, 0.3) is 0 Å². The first-order valence-electron chi connectivity index (χ1n) is 6.48.